The first kappa shape index (κ1) is 23.9. The molecule has 7 nitrogen and oxygen atoms in total. The van der Waals surface area contributed by atoms with E-state index in [-0.39, 0.29) is 0 Å². The van der Waals surface area contributed by atoms with Gasteiger partial charge in [-0.1, -0.05) is 18.2 Å². The van der Waals surface area contributed by atoms with E-state index in [9.17, 15) is 5.11 Å². The molecule has 2 atom stereocenters. The summed E-state index contributed by atoms with van der Waals surface area (Å²) in [6.07, 6.45) is -0.515. The van der Waals surface area contributed by atoms with Crippen LogP contribution in [-0.4, -0.2) is 79.5 Å². The Morgan fingerprint density at radius 1 is 1.03 bits per heavy atom. The lowest BCUT2D eigenvalue weighted by Gasteiger charge is -2.38. The van der Waals surface area contributed by atoms with E-state index in [4.69, 9.17) is 19.2 Å². The number of rotatable bonds is 10. The molecule has 33 heavy (non-hydrogen) atoms. The van der Waals surface area contributed by atoms with Crippen LogP contribution >= 0.6 is 11.3 Å². The Balaban J connectivity index is 1.19. The van der Waals surface area contributed by atoms with Crippen LogP contribution in [0.25, 0.3) is 10.2 Å². The molecule has 4 rings (SSSR count). The lowest BCUT2D eigenvalue weighted by molar-refractivity contribution is -0.00145. The summed E-state index contributed by atoms with van der Waals surface area (Å²) in [5.74, 6) is 1.37. The Kier molecular flexibility index (Phi) is 8.16. The van der Waals surface area contributed by atoms with Crippen molar-refractivity contribution >= 4 is 21.6 Å². The fraction of sp³-hybridized carbons (Fsp3) is 0.480. The molecule has 0 radical (unpaired) electrons. The van der Waals surface area contributed by atoms with Gasteiger partial charge in [0.2, 0.25) is 0 Å². The van der Waals surface area contributed by atoms with Gasteiger partial charge in [-0.15, -0.1) is 11.3 Å². The standard InChI is InChI=1S/C25H33N3O4S/c1-18(25-26-21-6-4-5-7-24(21)33-25)28-12-10-27(11-13-28)15-20(29)17-32-16-19-8-9-22(30-2)23(14-19)31-3/h4-9,14,18,20,29H,10-13,15-17H2,1-3H3/t18-,20+/m0/s1. The maximum Gasteiger partial charge on any atom is 0.161 e. The van der Waals surface area contributed by atoms with E-state index in [1.165, 1.54) is 9.71 Å². The molecule has 0 amide bonds. The molecular weight excluding hydrogens is 438 g/mol. The molecule has 1 aromatic heterocycles. The second-order valence-corrected chi connectivity index (χ2v) is 9.45. The van der Waals surface area contributed by atoms with Gasteiger partial charge in [0.15, 0.2) is 11.5 Å². The maximum absolute atomic E-state index is 10.5. The van der Waals surface area contributed by atoms with Gasteiger partial charge in [0, 0.05) is 32.7 Å². The lowest BCUT2D eigenvalue weighted by Crippen LogP contribution is -2.49. The second-order valence-electron chi connectivity index (χ2n) is 8.39. The number of aliphatic hydroxyl groups excluding tert-OH is 1. The first-order valence-electron chi connectivity index (χ1n) is 11.4. The summed E-state index contributed by atoms with van der Waals surface area (Å²) >= 11 is 1.78. The first-order chi connectivity index (χ1) is 16.1. The molecule has 2 heterocycles. The van der Waals surface area contributed by atoms with E-state index < -0.39 is 6.10 Å². The Hall–Kier alpha value is -2.23. The van der Waals surface area contributed by atoms with Crippen LogP contribution in [0.2, 0.25) is 0 Å². The van der Waals surface area contributed by atoms with Crippen LogP contribution in [0, 0.1) is 0 Å². The number of methoxy groups -OCH3 is 2. The van der Waals surface area contributed by atoms with E-state index in [1.54, 1.807) is 25.6 Å². The second kappa shape index (κ2) is 11.3. The van der Waals surface area contributed by atoms with Crippen molar-refractivity contribution in [2.45, 2.75) is 25.7 Å². The molecule has 2 aromatic carbocycles. The summed E-state index contributed by atoms with van der Waals surface area (Å²) in [7, 11) is 3.23. The molecule has 1 fully saturated rings. The highest BCUT2D eigenvalue weighted by atomic mass is 32.1. The molecular formula is C25H33N3O4S. The highest BCUT2D eigenvalue weighted by Crippen LogP contribution is 2.30. The summed E-state index contributed by atoms with van der Waals surface area (Å²) in [5, 5.41) is 11.6. The zero-order valence-electron chi connectivity index (χ0n) is 19.6. The normalized spacial score (nSPS) is 17.2. The number of aliphatic hydroxyl groups is 1. The van der Waals surface area contributed by atoms with Crippen molar-refractivity contribution in [2.75, 3.05) is 53.6 Å². The minimum Gasteiger partial charge on any atom is -0.493 e. The molecule has 1 saturated heterocycles. The predicted molar refractivity (Wildman–Crippen MR) is 131 cm³/mol. The van der Waals surface area contributed by atoms with Crippen molar-refractivity contribution in [3.8, 4) is 11.5 Å². The van der Waals surface area contributed by atoms with Gasteiger partial charge in [0.25, 0.3) is 0 Å². The quantitative estimate of drug-likeness (QED) is 0.485. The van der Waals surface area contributed by atoms with Crippen molar-refractivity contribution in [3.05, 3.63) is 53.0 Å². The van der Waals surface area contributed by atoms with Crippen LogP contribution < -0.4 is 9.47 Å². The minimum absolute atomic E-state index is 0.302. The Bertz CT molecular complexity index is 1000. The van der Waals surface area contributed by atoms with Gasteiger partial charge in [-0.25, -0.2) is 4.98 Å². The van der Waals surface area contributed by atoms with E-state index in [2.05, 4.69) is 34.9 Å². The monoisotopic (exact) mass is 471 g/mol. The van der Waals surface area contributed by atoms with Crippen molar-refractivity contribution < 1.29 is 19.3 Å². The van der Waals surface area contributed by atoms with E-state index in [0.29, 0.717) is 37.3 Å². The summed E-state index contributed by atoms with van der Waals surface area (Å²) in [6.45, 7) is 7.39. The SMILES string of the molecule is COc1ccc(COC[C@H](O)CN2CCN([C@@H](C)c3nc4ccccc4s3)CC2)cc1OC. The van der Waals surface area contributed by atoms with Gasteiger partial charge in [-0.2, -0.15) is 0 Å². The van der Waals surface area contributed by atoms with Gasteiger partial charge < -0.3 is 19.3 Å². The lowest BCUT2D eigenvalue weighted by atomic mass is 10.2. The fourth-order valence-electron chi connectivity index (χ4n) is 4.19. The number of fused-ring (bicyclic) bond motifs is 1. The van der Waals surface area contributed by atoms with Crippen molar-refractivity contribution in [1.82, 2.24) is 14.8 Å². The molecule has 0 bridgehead atoms. The first-order valence-corrected chi connectivity index (χ1v) is 12.2. The number of benzene rings is 2. The minimum atomic E-state index is -0.515. The van der Waals surface area contributed by atoms with Crippen molar-refractivity contribution in [2.24, 2.45) is 0 Å². The number of aromatic nitrogens is 1. The molecule has 0 unspecified atom stereocenters. The third kappa shape index (κ3) is 6.02. The van der Waals surface area contributed by atoms with E-state index >= 15 is 0 Å². The highest BCUT2D eigenvalue weighted by Gasteiger charge is 2.25. The molecule has 178 valence electrons. The summed E-state index contributed by atoms with van der Waals surface area (Å²) in [5.41, 5.74) is 2.07. The predicted octanol–water partition coefficient (Wildman–Crippen LogP) is 3.57. The molecule has 1 aliphatic heterocycles. The zero-order chi connectivity index (χ0) is 23.2. The average Bonchev–Trinajstić information content (AvgIpc) is 3.28. The molecule has 3 aromatic rings. The summed E-state index contributed by atoms with van der Waals surface area (Å²) in [6, 6.07) is 14.3. The summed E-state index contributed by atoms with van der Waals surface area (Å²) in [4.78, 5) is 9.62. The third-order valence-electron chi connectivity index (χ3n) is 6.12. The summed E-state index contributed by atoms with van der Waals surface area (Å²) < 4.78 is 17.6. The molecule has 0 aliphatic carbocycles. The van der Waals surface area contributed by atoms with Crippen molar-refractivity contribution in [3.63, 3.8) is 0 Å². The molecule has 0 spiro atoms. The van der Waals surface area contributed by atoms with E-state index in [0.717, 1.165) is 37.3 Å². The molecule has 8 heteroatoms. The van der Waals surface area contributed by atoms with Crippen LogP contribution in [0.15, 0.2) is 42.5 Å². The maximum atomic E-state index is 10.5. The third-order valence-corrected chi connectivity index (χ3v) is 7.32. The number of hydrogen-bond donors (Lipinski definition) is 1. The largest absolute Gasteiger partial charge is 0.493 e. The Labute approximate surface area is 199 Å². The number of thiazole rings is 1. The van der Waals surface area contributed by atoms with Crippen LogP contribution in [-0.2, 0) is 11.3 Å². The number of hydrogen-bond acceptors (Lipinski definition) is 8. The number of β-amino-alcohol motifs (C(OH)–C–C–N with tert-alkyl or cyclic N) is 1. The van der Waals surface area contributed by atoms with Crippen LogP contribution in [0.4, 0.5) is 0 Å². The fourth-order valence-corrected chi connectivity index (χ4v) is 5.25. The van der Waals surface area contributed by atoms with Crippen LogP contribution in [0.3, 0.4) is 0 Å². The van der Waals surface area contributed by atoms with Gasteiger partial charge in [-0.3, -0.25) is 9.80 Å². The number of nitrogens with zero attached hydrogens (tertiary/aromatic N) is 3. The Morgan fingerprint density at radius 2 is 1.79 bits per heavy atom. The van der Waals surface area contributed by atoms with Gasteiger partial charge in [0.05, 0.1) is 49.8 Å². The highest BCUT2D eigenvalue weighted by molar-refractivity contribution is 7.18. The molecule has 0 saturated carbocycles. The number of para-hydroxylation sites is 1. The van der Waals surface area contributed by atoms with Gasteiger partial charge >= 0.3 is 0 Å². The smallest absolute Gasteiger partial charge is 0.161 e. The van der Waals surface area contributed by atoms with Crippen LogP contribution in [0.1, 0.15) is 23.5 Å². The van der Waals surface area contributed by atoms with Crippen LogP contribution in [0.5, 0.6) is 11.5 Å². The molecule has 1 aliphatic rings. The zero-order valence-corrected chi connectivity index (χ0v) is 20.4. The van der Waals surface area contributed by atoms with E-state index in [1.807, 2.05) is 24.3 Å². The average molecular weight is 472 g/mol. The number of piperazine rings is 1. The van der Waals surface area contributed by atoms with Crippen molar-refractivity contribution in [1.29, 1.82) is 0 Å². The Morgan fingerprint density at radius 3 is 2.52 bits per heavy atom. The van der Waals surface area contributed by atoms with Gasteiger partial charge in [-0.05, 0) is 36.8 Å². The topological polar surface area (TPSA) is 67.3 Å². The number of ether oxygens (including phenoxy) is 3. The van der Waals surface area contributed by atoms with Gasteiger partial charge in [0.1, 0.15) is 5.01 Å². The molecule has 1 N–H and O–H groups in total.